The second kappa shape index (κ2) is 8.73. The molecular weight excluding hydrogens is 444 g/mol. The fourth-order valence-corrected chi connectivity index (χ4v) is 5.55. The van der Waals surface area contributed by atoms with Crippen molar-refractivity contribution in [3.63, 3.8) is 0 Å². The van der Waals surface area contributed by atoms with E-state index >= 15 is 0 Å². The predicted octanol–water partition coefficient (Wildman–Crippen LogP) is 1.02. The van der Waals surface area contributed by atoms with Gasteiger partial charge < -0.3 is 18.9 Å². The van der Waals surface area contributed by atoms with Crippen molar-refractivity contribution < 1.29 is 17.9 Å². The number of carbonyl (C=O) groups is 1. The van der Waals surface area contributed by atoms with Crippen LogP contribution in [0.4, 0.5) is 5.82 Å². The monoisotopic (exact) mass is 470 g/mol. The summed E-state index contributed by atoms with van der Waals surface area (Å²) in [7, 11) is -3.56. The van der Waals surface area contributed by atoms with Crippen LogP contribution in [-0.2, 0) is 14.8 Å². The average Bonchev–Trinajstić information content (AvgIpc) is 3.30. The van der Waals surface area contributed by atoms with E-state index in [1.807, 2.05) is 29.5 Å². The molecule has 0 aliphatic carbocycles. The number of hydrogen-bond acceptors (Lipinski definition) is 7. The maximum Gasteiger partial charge on any atom is 0.274 e. The van der Waals surface area contributed by atoms with Crippen molar-refractivity contribution in [1.29, 1.82) is 0 Å². The number of fused-ring (bicyclic) bond motifs is 1. The van der Waals surface area contributed by atoms with E-state index in [1.54, 1.807) is 23.2 Å². The standard InChI is InChI=1S/C22H26N6O4S/c1-17-3-2-4-21-24-19(16-28(17)21)22(29)26-9-7-25(8-10-26)20-6-5-18(15-23-20)33(30,31)27-11-13-32-14-12-27/h2-6,15-16H,7-14H2,1H3. The van der Waals surface area contributed by atoms with E-state index in [2.05, 4.69) is 14.9 Å². The van der Waals surface area contributed by atoms with Crippen LogP contribution in [0.25, 0.3) is 5.65 Å². The van der Waals surface area contributed by atoms with Crippen molar-refractivity contribution in [3.8, 4) is 0 Å². The number of rotatable bonds is 4. The molecule has 0 N–H and O–H groups in total. The first kappa shape index (κ1) is 21.8. The molecule has 0 saturated carbocycles. The number of ether oxygens (including phenoxy) is 1. The van der Waals surface area contributed by atoms with E-state index in [0.717, 1.165) is 11.3 Å². The molecule has 5 heterocycles. The van der Waals surface area contributed by atoms with Crippen molar-refractivity contribution in [2.75, 3.05) is 57.4 Å². The molecule has 3 aromatic heterocycles. The Labute approximate surface area is 192 Å². The lowest BCUT2D eigenvalue weighted by Gasteiger charge is -2.35. The number of piperazine rings is 1. The third-order valence-electron chi connectivity index (χ3n) is 6.13. The van der Waals surface area contributed by atoms with Crippen molar-refractivity contribution in [1.82, 2.24) is 23.6 Å². The molecule has 10 nitrogen and oxygen atoms in total. The molecule has 2 aliphatic rings. The Morgan fingerprint density at radius 2 is 1.76 bits per heavy atom. The lowest BCUT2D eigenvalue weighted by Crippen LogP contribution is -2.49. The topological polar surface area (TPSA) is 100 Å². The molecule has 0 atom stereocenters. The number of sulfonamides is 1. The molecule has 0 unspecified atom stereocenters. The number of amides is 1. The number of nitrogens with zero attached hydrogens (tertiary/aromatic N) is 6. The van der Waals surface area contributed by atoms with Gasteiger partial charge in [0.25, 0.3) is 5.91 Å². The Morgan fingerprint density at radius 1 is 1.00 bits per heavy atom. The lowest BCUT2D eigenvalue weighted by atomic mass is 10.2. The maximum atomic E-state index is 13.0. The van der Waals surface area contributed by atoms with Crippen molar-refractivity contribution >= 4 is 27.4 Å². The van der Waals surface area contributed by atoms with Crippen LogP contribution < -0.4 is 4.90 Å². The predicted molar refractivity (Wildman–Crippen MR) is 122 cm³/mol. The molecule has 2 aliphatic heterocycles. The zero-order chi connectivity index (χ0) is 23.0. The highest BCUT2D eigenvalue weighted by molar-refractivity contribution is 7.89. The summed E-state index contributed by atoms with van der Waals surface area (Å²) in [5, 5.41) is 0. The van der Waals surface area contributed by atoms with Gasteiger partial charge in [-0.25, -0.2) is 18.4 Å². The fraction of sp³-hybridized carbons (Fsp3) is 0.409. The highest BCUT2D eigenvalue weighted by Gasteiger charge is 2.28. The van der Waals surface area contributed by atoms with Crippen LogP contribution in [0.3, 0.4) is 0 Å². The minimum absolute atomic E-state index is 0.0855. The fourth-order valence-electron chi connectivity index (χ4n) is 4.20. The molecule has 3 aromatic rings. The van der Waals surface area contributed by atoms with Gasteiger partial charge in [-0.2, -0.15) is 4.31 Å². The number of carbonyl (C=O) groups excluding carboxylic acids is 1. The quantitative estimate of drug-likeness (QED) is 0.561. The SMILES string of the molecule is Cc1cccc2nc(C(=O)N3CCN(c4ccc(S(=O)(=O)N5CCOCC5)cn4)CC3)cn12. The number of aromatic nitrogens is 3. The summed E-state index contributed by atoms with van der Waals surface area (Å²) in [5.41, 5.74) is 2.22. The minimum Gasteiger partial charge on any atom is -0.379 e. The molecule has 2 fully saturated rings. The van der Waals surface area contributed by atoms with Crippen LogP contribution in [0.1, 0.15) is 16.2 Å². The number of anilines is 1. The van der Waals surface area contributed by atoms with Gasteiger partial charge in [0.1, 0.15) is 22.1 Å². The Hall–Kier alpha value is -3.02. The van der Waals surface area contributed by atoms with Crippen molar-refractivity contribution in [2.45, 2.75) is 11.8 Å². The van der Waals surface area contributed by atoms with Gasteiger partial charge in [0.05, 0.1) is 13.2 Å². The van der Waals surface area contributed by atoms with Gasteiger partial charge in [-0.1, -0.05) is 6.07 Å². The van der Waals surface area contributed by atoms with Gasteiger partial charge in [0.15, 0.2) is 0 Å². The van der Waals surface area contributed by atoms with Gasteiger partial charge >= 0.3 is 0 Å². The van der Waals surface area contributed by atoms with Gasteiger partial charge in [0, 0.05) is 57.4 Å². The summed E-state index contributed by atoms with van der Waals surface area (Å²) >= 11 is 0. The largest absolute Gasteiger partial charge is 0.379 e. The first-order valence-corrected chi connectivity index (χ1v) is 12.4. The molecular formula is C22H26N6O4S. The van der Waals surface area contributed by atoms with E-state index in [4.69, 9.17) is 4.74 Å². The number of imidazole rings is 1. The van der Waals surface area contributed by atoms with Gasteiger partial charge in [-0.15, -0.1) is 0 Å². The Balaban J connectivity index is 1.23. The van der Waals surface area contributed by atoms with Gasteiger partial charge in [-0.3, -0.25) is 4.79 Å². The summed E-state index contributed by atoms with van der Waals surface area (Å²) in [6.07, 6.45) is 3.20. The third kappa shape index (κ3) is 4.19. The Kier molecular flexibility index (Phi) is 5.77. The maximum absolute atomic E-state index is 13.0. The van der Waals surface area contributed by atoms with Gasteiger partial charge in [0.2, 0.25) is 10.0 Å². The summed E-state index contributed by atoms with van der Waals surface area (Å²) in [4.78, 5) is 25.9. The molecule has 0 spiro atoms. The summed E-state index contributed by atoms with van der Waals surface area (Å²) in [5.74, 6) is 0.615. The molecule has 2 saturated heterocycles. The summed E-state index contributed by atoms with van der Waals surface area (Å²) in [6, 6.07) is 9.12. The Morgan fingerprint density at radius 3 is 2.42 bits per heavy atom. The Bertz CT molecular complexity index is 1260. The second-order valence-electron chi connectivity index (χ2n) is 8.17. The van der Waals surface area contributed by atoms with Crippen LogP contribution in [0.5, 0.6) is 0 Å². The smallest absolute Gasteiger partial charge is 0.274 e. The zero-order valence-electron chi connectivity index (χ0n) is 18.4. The molecule has 174 valence electrons. The van der Waals surface area contributed by atoms with Crippen LogP contribution >= 0.6 is 0 Å². The molecule has 5 rings (SSSR count). The van der Waals surface area contributed by atoms with E-state index in [-0.39, 0.29) is 10.8 Å². The van der Waals surface area contributed by atoms with Crippen molar-refractivity contribution in [3.05, 3.63) is 54.1 Å². The number of morpholine rings is 1. The van der Waals surface area contributed by atoms with Crippen molar-refractivity contribution in [2.24, 2.45) is 0 Å². The first-order valence-electron chi connectivity index (χ1n) is 11.0. The normalized spacial score (nSPS) is 18.1. The van der Waals surface area contributed by atoms with E-state index in [9.17, 15) is 13.2 Å². The first-order chi connectivity index (χ1) is 15.9. The minimum atomic E-state index is -3.56. The molecule has 33 heavy (non-hydrogen) atoms. The zero-order valence-corrected chi connectivity index (χ0v) is 19.2. The van der Waals surface area contributed by atoms with E-state index < -0.39 is 10.0 Å². The molecule has 0 radical (unpaired) electrons. The average molecular weight is 471 g/mol. The highest BCUT2D eigenvalue weighted by Crippen LogP contribution is 2.21. The van der Waals surface area contributed by atoms with Crippen LogP contribution in [-0.4, -0.2) is 90.4 Å². The molecule has 0 aromatic carbocycles. The van der Waals surface area contributed by atoms with Crippen LogP contribution in [0, 0.1) is 6.92 Å². The lowest BCUT2D eigenvalue weighted by molar-refractivity contribution is 0.0730. The molecule has 0 bridgehead atoms. The van der Waals surface area contributed by atoms with Crippen LogP contribution in [0.2, 0.25) is 0 Å². The third-order valence-corrected chi connectivity index (χ3v) is 8.02. The number of aryl methyl sites for hydroxylation is 1. The highest BCUT2D eigenvalue weighted by atomic mass is 32.2. The van der Waals surface area contributed by atoms with Crippen LogP contribution in [0.15, 0.2) is 47.6 Å². The number of hydrogen-bond donors (Lipinski definition) is 0. The second-order valence-corrected chi connectivity index (χ2v) is 10.1. The summed E-state index contributed by atoms with van der Waals surface area (Å²) in [6.45, 7) is 5.80. The molecule has 1 amide bonds. The number of pyridine rings is 2. The van der Waals surface area contributed by atoms with E-state index in [1.165, 1.54) is 10.5 Å². The van der Waals surface area contributed by atoms with E-state index in [0.29, 0.717) is 64.0 Å². The van der Waals surface area contributed by atoms with Gasteiger partial charge in [-0.05, 0) is 31.2 Å². The summed E-state index contributed by atoms with van der Waals surface area (Å²) < 4.78 is 34.1. The molecule has 11 heteroatoms.